The largest absolute Gasteiger partial charge is 0.383 e. The summed E-state index contributed by atoms with van der Waals surface area (Å²) in [5.74, 6) is -0.352. The minimum absolute atomic E-state index is 0.0166. The van der Waals surface area contributed by atoms with E-state index < -0.39 is 11.2 Å². The van der Waals surface area contributed by atoms with E-state index in [-0.39, 0.29) is 23.8 Å². The number of tetrazole rings is 1. The molecule has 0 aliphatic carbocycles. The number of hydrogen-bond donors (Lipinski definition) is 2. The number of carbonyl (C=O) groups is 1. The highest BCUT2D eigenvalue weighted by Gasteiger charge is 2.21. The first-order chi connectivity index (χ1) is 13.9. The van der Waals surface area contributed by atoms with Gasteiger partial charge >= 0.3 is 5.69 Å². The van der Waals surface area contributed by atoms with Crippen LogP contribution in [0.1, 0.15) is 25.3 Å². The third-order valence-corrected chi connectivity index (χ3v) is 4.56. The average Bonchev–Trinajstić information content (AvgIpc) is 3.23. The summed E-state index contributed by atoms with van der Waals surface area (Å²) in [6, 6.07) is 7.12. The predicted molar refractivity (Wildman–Crippen MR) is 107 cm³/mol. The molecule has 0 spiro atoms. The lowest BCUT2D eigenvalue weighted by Crippen LogP contribution is -2.39. The molecule has 2 aromatic heterocycles. The first kappa shape index (κ1) is 20.0. The minimum atomic E-state index is -0.690. The van der Waals surface area contributed by atoms with E-state index >= 15 is 0 Å². The summed E-state index contributed by atoms with van der Waals surface area (Å²) in [5.41, 5.74) is 6.25. The van der Waals surface area contributed by atoms with Crippen LogP contribution in [0.2, 0.25) is 0 Å². The Hall–Kier alpha value is -3.76. The van der Waals surface area contributed by atoms with Crippen molar-refractivity contribution in [3.05, 3.63) is 57.0 Å². The van der Waals surface area contributed by atoms with Gasteiger partial charge in [-0.15, -0.1) is 5.10 Å². The van der Waals surface area contributed by atoms with Gasteiger partial charge < -0.3 is 10.6 Å². The van der Waals surface area contributed by atoms with Crippen LogP contribution in [0.15, 0.2) is 40.2 Å². The number of benzene rings is 1. The lowest BCUT2D eigenvalue weighted by atomic mass is 10.1. The maximum Gasteiger partial charge on any atom is 0.330 e. The van der Waals surface area contributed by atoms with Crippen LogP contribution in [0.3, 0.4) is 0 Å². The van der Waals surface area contributed by atoms with Crippen molar-refractivity contribution in [1.29, 1.82) is 0 Å². The zero-order valence-electron chi connectivity index (χ0n) is 16.2. The van der Waals surface area contributed by atoms with Gasteiger partial charge in [-0.1, -0.05) is 25.5 Å². The second kappa shape index (κ2) is 8.50. The molecule has 3 aromatic rings. The number of unbranched alkanes of at least 4 members (excludes halogenated alkanes) is 1. The molecule has 152 valence electrons. The number of aromatic nitrogens is 6. The molecule has 11 heteroatoms. The van der Waals surface area contributed by atoms with Gasteiger partial charge in [-0.25, -0.2) is 9.48 Å². The van der Waals surface area contributed by atoms with E-state index in [2.05, 4.69) is 20.5 Å². The molecule has 0 atom stereocenters. The fraction of sp³-hybridized carbons (Fsp3) is 0.333. The number of amides is 1. The maximum atomic E-state index is 12.7. The van der Waals surface area contributed by atoms with Crippen molar-refractivity contribution >= 4 is 17.4 Å². The van der Waals surface area contributed by atoms with Crippen molar-refractivity contribution in [3.8, 4) is 5.69 Å². The van der Waals surface area contributed by atoms with Gasteiger partial charge in [0.15, 0.2) is 5.69 Å². The number of anilines is 2. The van der Waals surface area contributed by atoms with Crippen LogP contribution < -0.4 is 21.9 Å². The molecule has 0 unspecified atom stereocenters. The lowest BCUT2D eigenvalue weighted by Gasteiger charge is -2.20. The highest BCUT2D eigenvalue weighted by Crippen LogP contribution is 2.17. The smallest absolute Gasteiger partial charge is 0.330 e. The van der Waals surface area contributed by atoms with Crippen LogP contribution in [0.5, 0.6) is 0 Å². The normalized spacial score (nSPS) is 10.8. The number of hydrogen-bond acceptors (Lipinski definition) is 7. The molecule has 0 saturated heterocycles. The number of rotatable bonds is 7. The summed E-state index contributed by atoms with van der Waals surface area (Å²) in [4.78, 5) is 40.5. The molecule has 0 aliphatic heterocycles. The summed E-state index contributed by atoms with van der Waals surface area (Å²) in [6.07, 6.45) is 3.10. The number of likely N-dealkylation sites (N-methyl/N-ethyl adjacent to an activating group) is 1. The van der Waals surface area contributed by atoms with Gasteiger partial charge in [0.1, 0.15) is 12.1 Å². The molecule has 0 bridgehead atoms. The number of H-pyrrole nitrogens is 1. The predicted octanol–water partition coefficient (Wildman–Crippen LogP) is 0.100. The average molecular weight is 398 g/mol. The lowest BCUT2D eigenvalue weighted by molar-refractivity contribution is -0.117. The van der Waals surface area contributed by atoms with Crippen LogP contribution >= 0.6 is 0 Å². The number of nitrogens with zero attached hydrogens (tertiary/aromatic N) is 6. The number of aromatic amines is 1. The molecule has 0 fully saturated rings. The Morgan fingerprint density at radius 1 is 1.24 bits per heavy atom. The first-order valence-electron chi connectivity index (χ1n) is 9.13. The Bertz CT molecular complexity index is 1100. The Labute approximate surface area is 165 Å². The fourth-order valence-corrected chi connectivity index (χ4v) is 2.90. The van der Waals surface area contributed by atoms with Gasteiger partial charge in [0.2, 0.25) is 5.91 Å². The van der Waals surface area contributed by atoms with Crippen molar-refractivity contribution in [2.24, 2.45) is 0 Å². The molecule has 1 aromatic carbocycles. The standard InChI is InChI=1S/C18H22N8O3/c1-3-4-9-25-16(19)15(17(28)21-18(25)29)24(2)14(27)10-12-5-7-13(8-6-12)26-11-20-22-23-26/h5-8,11H,3-4,9-10,19H2,1-2H3,(H,21,28,29). The van der Waals surface area contributed by atoms with E-state index in [1.54, 1.807) is 24.3 Å². The van der Waals surface area contributed by atoms with Gasteiger partial charge in [-0.05, 0) is 34.5 Å². The molecule has 3 N–H and O–H groups in total. The number of nitrogen functional groups attached to an aromatic ring is 1. The quantitative estimate of drug-likeness (QED) is 0.574. The monoisotopic (exact) mass is 398 g/mol. The summed E-state index contributed by atoms with van der Waals surface area (Å²) in [5, 5.41) is 11.0. The minimum Gasteiger partial charge on any atom is -0.383 e. The van der Waals surface area contributed by atoms with Crippen molar-refractivity contribution in [2.75, 3.05) is 17.7 Å². The molecule has 29 heavy (non-hydrogen) atoms. The van der Waals surface area contributed by atoms with Gasteiger partial charge in [0.05, 0.1) is 12.1 Å². The van der Waals surface area contributed by atoms with Crippen molar-refractivity contribution in [1.82, 2.24) is 29.8 Å². The highest BCUT2D eigenvalue weighted by atomic mass is 16.2. The first-order valence-corrected chi connectivity index (χ1v) is 9.13. The van der Waals surface area contributed by atoms with Crippen LogP contribution in [-0.4, -0.2) is 42.7 Å². The van der Waals surface area contributed by atoms with Crippen LogP contribution in [0.25, 0.3) is 5.69 Å². The summed E-state index contributed by atoms with van der Waals surface area (Å²) >= 11 is 0. The fourth-order valence-electron chi connectivity index (χ4n) is 2.90. The van der Waals surface area contributed by atoms with Crippen LogP contribution in [0, 0.1) is 0 Å². The van der Waals surface area contributed by atoms with Gasteiger partial charge in [-0.2, -0.15) is 0 Å². The topological polar surface area (TPSA) is 145 Å². The Morgan fingerprint density at radius 2 is 1.97 bits per heavy atom. The summed E-state index contributed by atoms with van der Waals surface area (Å²) < 4.78 is 2.78. The Kier molecular flexibility index (Phi) is 5.86. The Balaban J connectivity index is 1.81. The molecule has 0 radical (unpaired) electrons. The second-order valence-corrected chi connectivity index (χ2v) is 6.55. The van der Waals surface area contributed by atoms with E-state index in [0.717, 1.165) is 24.1 Å². The molecular formula is C18H22N8O3. The summed E-state index contributed by atoms with van der Waals surface area (Å²) in [6.45, 7) is 2.35. The van der Waals surface area contributed by atoms with Gasteiger partial charge in [0.25, 0.3) is 5.56 Å². The molecule has 11 nitrogen and oxygen atoms in total. The number of nitrogens with two attached hydrogens (primary N) is 1. The summed E-state index contributed by atoms with van der Waals surface area (Å²) in [7, 11) is 1.47. The number of nitrogens with one attached hydrogen (secondary N) is 1. The molecule has 1 amide bonds. The van der Waals surface area contributed by atoms with Crippen LogP contribution in [0.4, 0.5) is 11.5 Å². The maximum absolute atomic E-state index is 12.7. The molecule has 0 aliphatic rings. The second-order valence-electron chi connectivity index (χ2n) is 6.55. The van der Waals surface area contributed by atoms with E-state index in [0.29, 0.717) is 6.54 Å². The number of carbonyl (C=O) groups excluding carboxylic acids is 1. The third kappa shape index (κ3) is 4.23. The van der Waals surface area contributed by atoms with E-state index in [1.807, 2.05) is 6.92 Å². The van der Waals surface area contributed by atoms with Crippen LogP contribution in [-0.2, 0) is 17.8 Å². The van der Waals surface area contributed by atoms with Crippen molar-refractivity contribution < 1.29 is 4.79 Å². The SMILES string of the molecule is CCCCn1c(N)c(N(C)C(=O)Cc2ccc(-n3cnnn3)cc2)c(=O)[nH]c1=O. The highest BCUT2D eigenvalue weighted by molar-refractivity contribution is 5.96. The molecule has 3 rings (SSSR count). The van der Waals surface area contributed by atoms with Gasteiger partial charge in [0, 0.05) is 13.6 Å². The van der Waals surface area contributed by atoms with E-state index in [4.69, 9.17) is 5.73 Å². The van der Waals surface area contributed by atoms with Crippen molar-refractivity contribution in [3.63, 3.8) is 0 Å². The third-order valence-electron chi connectivity index (χ3n) is 4.56. The zero-order chi connectivity index (χ0) is 21.0. The van der Waals surface area contributed by atoms with E-state index in [9.17, 15) is 14.4 Å². The van der Waals surface area contributed by atoms with E-state index in [1.165, 1.54) is 27.5 Å². The Morgan fingerprint density at radius 3 is 2.59 bits per heavy atom. The molecule has 0 saturated carbocycles. The van der Waals surface area contributed by atoms with Gasteiger partial charge in [-0.3, -0.25) is 19.1 Å². The molecular weight excluding hydrogens is 376 g/mol. The molecule has 2 heterocycles. The van der Waals surface area contributed by atoms with Crippen molar-refractivity contribution in [2.45, 2.75) is 32.7 Å². The zero-order valence-corrected chi connectivity index (χ0v) is 16.2.